The lowest BCUT2D eigenvalue weighted by molar-refractivity contribution is 0.0555. The van der Waals surface area contributed by atoms with E-state index in [4.69, 9.17) is 5.11 Å². The van der Waals surface area contributed by atoms with E-state index < -0.39 is 5.97 Å². The average molecular weight is 263 g/mol. The Morgan fingerprint density at radius 1 is 1.42 bits per heavy atom. The van der Waals surface area contributed by atoms with Gasteiger partial charge in [-0.2, -0.15) is 0 Å². The minimum absolute atomic E-state index is 0.118. The molecule has 0 radical (unpaired) electrons. The van der Waals surface area contributed by atoms with Crippen LogP contribution in [-0.4, -0.2) is 58.1 Å². The van der Waals surface area contributed by atoms with Gasteiger partial charge >= 0.3 is 5.97 Å². The van der Waals surface area contributed by atoms with Gasteiger partial charge in [0.15, 0.2) is 0 Å². The Morgan fingerprint density at radius 3 is 2.63 bits per heavy atom. The predicted molar refractivity (Wildman–Crippen MR) is 73.2 cm³/mol. The van der Waals surface area contributed by atoms with Crippen LogP contribution in [0.1, 0.15) is 29.9 Å². The SMILES string of the molecule is CC1CN(Cc2ccnc(C(=O)O)c2)CC(C)N1C. The molecular weight excluding hydrogens is 242 g/mol. The second-order valence-corrected chi connectivity index (χ2v) is 5.41. The van der Waals surface area contributed by atoms with Crippen molar-refractivity contribution in [3.63, 3.8) is 0 Å². The molecule has 2 atom stereocenters. The highest BCUT2D eigenvalue weighted by Crippen LogP contribution is 2.16. The first-order valence-electron chi connectivity index (χ1n) is 6.60. The number of aromatic carboxylic acids is 1. The van der Waals surface area contributed by atoms with Crippen LogP contribution < -0.4 is 0 Å². The van der Waals surface area contributed by atoms with Gasteiger partial charge in [0, 0.05) is 37.9 Å². The fourth-order valence-corrected chi connectivity index (χ4v) is 2.59. The first kappa shape index (κ1) is 14.0. The number of aromatic nitrogens is 1. The number of nitrogens with zero attached hydrogens (tertiary/aromatic N) is 3. The highest BCUT2D eigenvalue weighted by molar-refractivity contribution is 5.85. The van der Waals surface area contributed by atoms with Crippen molar-refractivity contribution in [3.8, 4) is 0 Å². The van der Waals surface area contributed by atoms with E-state index in [0.717, 1.165) is 25.2 Å². The summed E-state index contributed by atoms with van der Waals surface area (Å²) in [7, 11) is 2.15. The molecule has 19 heavy (non-hydrogen) atoms. The minimum atomic E-state index is -0.970. The quantitative estimate of drug-likeness (QED) is 0.891. The first-order valence-corrected chi connectivity index (χ1v) is 6.60. The van der Waals surface area contributed by atoms with Crippen LogP contribution in [0.3, 0.4) is 0 Å². The third kappa shape index (κ3) is 3.30. The number of piperazine rings is 1. The summed E-state index contributed by atoms with van der Waals surface area (Å²) in [5, 5.41) is 8.95. The van der Waals surface area contributed by atoms with Crippen LogP contribution in [0, 0.1) is 0 Å². The molecular formula is C14H21N3O2. The van der Waals surface area contributed by atoms with Crippen molar-refractivity contribution in [2.75, 3.05) is 20.1 Å². The zero-order chi connectivity index (χ0) is 14.0. The van der Waals surface area contributed by atoms with Crippen LogP contribution in [0.15, 0.2) is 18.3 Å². The molecule has 2 unspecified atom stereocenters. The Bertz CT molecular complexity index is 452. The van der Waals surface area contributed by atoms with E-state index in [0.29, 0.717) is 12.1 Å². The lowest BCUT2D eigenvalue weighted by Gasteiger charge is -2.42. The summed E-state index contributed by atoms with van der Waals surface area (Å²) in [4.78, 5) is 19.5. The van der Waals surface area contributed by atoms with Gasteiger partial charge in [-0.15, -0.1) is 0 Å². The molecule has 2 heterocycles. The Labute approximate surface area is 113 Å². The molecule has 5 nitrogen and oxygen atoms in total. The highest BCUT2D eigenvalue weighted by Gasteiger charge is 2.26. The second kappa shape index (κ2) is 5.67. The van der Waals surface area contributed by atoms with E-state index in [1.165, 1.54) is 0 Å². The lowest BCUT2D eigenvalue weighted by Crippen LogP contribution is -2.54. The average Bonchev–Trinajstić information content (AvgIpc) is 2.36. The number of pyridine rings is 1. The molecule has 0 amide bonds. The minimum Gasteiger partial charge on any atom is -0.477 e. The molecule has 5 heteroatoms. The summed E-state index contributed by atoms with van der Waals surface area (Å²) in [6.45, 7) is 7.23. The normalized spacial score (nSPS) is 25.4. The molecule has 104 valence electrons. The Hall–Kier alpha value is -1.46. The molecule has 0 bridgehead atoms. The summed E-state index contributed by atoms with van der Waals surface area (Å²) in [5.74, 6) is -0.970. The Balaban J connectivity index is 2.05. The summed E-state index contributed by atoms with van der Waals surface area (Å²) in [5.41, 5.74) is 1.13. The molecule has 1 aliphatic heterocycles. The standard InChI is InChI=1S/C14H21N3O2/c1-10-7-17(8-11(2)16(10)3)9-12-4-5-15-13(6-12)14(18)19/h4-6,10-11H,7-9H2,1-3H3,(H,18,19). The number of hydrogen-bond donors (Lipinski definition) is 1. The maximum Gasteiger partial charge on any atom is 0.354 e. The van der Waals surface area contributed by atoms with Crippen molar-refractivity contribution in [1.82, 2.24) is 14.8 Å². The summed E-state index contributed by atoms with van der Waals surface area (Å²) >= 11 is 0. The van der Waals surface area contributed by atoms with E-state index in [2.05, 4.69) is 35.7 Å². The van der Waals surface area contributed by atoms with Gasteiger partial charge in [0.25, 0.3) is 0 Å². The highest BCUT2D eigenvalue weighted by atomic mass is 16.4. The van der Waals surface area contributed by atoms with Crippen molar-refractivity contribution in [3.05, 3.63) is 29.6 Å². The van der Waals surface area contributed by atoms with Gasteiger partial charge in [0.2, 0.25) is 0 Å². The molecule has 2 rings (SSSR count). The van der Waals surface area contributed by atoms with Crippen LogP contribution in [0.4, 0.5) is 0 Å². The van der Waals surface area contributed by atoms with Crippen LogP contribution >= 0.6 is 0 Å². The van der Waals surface area contributed by atoms with E-state index in [1.807, 2.05) is 6.07 Å². The molecule has 0 saturated carbocycles. The number of likely N-dealkylation sites (N-methyl/N-ethyl adjacent to an activating group) is 1. The second-order valence-electron chi connectivity index (χ2n) is 5.41. The molecule has 1 aliphatic rings. The van der Waals surface area contributed by atoms with Crippen molar-refractivity contribution in [2.45, 2.75) is 32.5 Å². The van der Waals surface area contributed by atoms with Gasteiger partial charge in [0.1, 0.15) is 5.69 Å². The molecule has 1 fully saturated rings. The van der Waals surface area contributed by atoms with Gasteiger partial charge in [0.05, 0.1) is 0 Å². The van der Waals surface area contributed by atoms with E-state index in [1.54, 1.807) is 12.3 Å². The first-order chi connectivity index (χ1) is 8.97. The third-order valence-electron chi connectivity index (χ3n) is 3.88. The fourth-order valence-electron chi connectivity index (χ4n) is 2.59. The number of carboxylic acid groups (broad SMARTS) is 1. The van der Waals surface area contributed by atoms with Crippen molar-refractivity contribution in [2.24, 2.45) is 0 Å². The Kier molecular flexibility index (Phi) is 4.17. The van der Waals surface area contributed by atoms with E-state index in [9.17, 15) is 4.79 Å². The maximum atomic E-state index is 10.9. The topological polar surface area (TPSA) is 56.7 Å². The van der Waals surface area contributed by atoms with Crippen LogP contribution in [0.5, 0.6) is 0 Å². The summed E-state index contributed by atoms with van der Waals surface area (Å²) < 4.78 is 0. The van der Waals surface area contributed by atoms with Crippen molar-refractivity contribution >= 4 is 5.97 Å². The van der Waals surface area contributed by atoms with Crippen molar-refractivity contribution in [1.29, 1.82) is 0 Å². The molecule has 1 aromatic heterocycles. The van der Waals surface area contributed by atoms with Gasteiger partial charge in [-0.3, -0.25) is 9.80 Å². The smallest absolute Gasteiger partial charge is 0.354 e. The molecule has 1 aromatic rings. The lowest BCUT2D eigenvalue weighted by atomic mass is 10.1. The predicted octanol–water partition coefficient (Wildman–Crippen LogP) is 1.30. The van der Waals surface area contributed by atoms with E-state index >= 15 is 0 Å². The van der Waals surface area contributed by atoms with Gasteiger partial charge in [-0.1, -0.05) is 0 Å². The van der Waals surface area contributed by atoms with Gasteiger partial charge in [-0.25, -0.2) is 9.78 Å². The zero-order valence-electron chi connectivity index (χ0n) is 11.7. The molecule has 0 aliphatic carbocycles. The molecule has 1 N–H and O–H groups in total. The summed E-state index contributed by atoms with van der Waals surface area (Å²) in [6, 6.07) is 4.59. The van der Waals surface area contributed by atoms with Crippen LogP contribution in [0.2, 0.25) is 0 Å². The monoisotopic (exact) mass is 263 g/mol. The maximum absolute atomic E-state index is 10.9. The van der Waals surface area contributed by atoms with Gasteiger partial charge in [-0.05, 0) is 38.6 Å². The number of carboxylic acids is 1. The molecule has 0 spiro atoms. The number of hydrogen-bond acceptors (Lipinski definition) is 4. The van der Waals surface area contributed by atoms with Crippen LogP contribution in [-0.2, 0) is 6.54 Å². The largest absolute Gasteiger partial charge is 0.477 e. The third-order valence-corrected chi connectivity index (χ3v) is 3.88. The van der Waals surface area contributed by atoms with Crippen LogP contribution in [0.25, 0.3) is 0 Å². The zero-order valence-corrected chi connectivity index (χ0v) is 11.7. The molecule has 0 aromatic carbocycles. The van der Waals surface area contributed by atoms with Gasteiger partial charge < -0.3 is 5.11 Å². The van der Waals surface area contributed by atoms with E-state index in [-0.39, 0.29) is 5.69 Å². The Morgan fingerprint density at radius 2 is 2.05 bits per heavy atom. The molecule has 1 saturated heterocycles. The van der Waals surface area contributed by atoms with Crippen molar-refractivity contribution < 1.29 is 9.90 Å². The number of carbonyl (C=O) groups is 1. The summed E-state index contributed by atoms with van der Waals surface area (Å²) in [6.07, 6.45) is 1.57. The number of rotatable bonds is 3. The fraction of sp³-hybridized carbons (Fsp3) is 0.571.